The summed E-state index contributed by atoms with van der Waals surface area (Å²) in [4.78, 5) is 15.4. The van der Waals surface area contributed by atoms with Gasteiger partial charge in [-0.25, -0.2) is 4.68 Å². The van der Waals surface area contributed by atoms with Crippen molar-refractivity contribution < 1.29 is 9.53 Å². The summed E-state index contributed by atoms with van der Waals surface area (Å²) < 4.78 is 7.90. The van der Waals surface area contributed by atoms with Crippen LogP contribution >= 0.6 is 11.8 Å². The quantitative estimate of drug-likeness (QED) is 0.552. The van der Waals surface area contributed by atoms with E-state index in [1.54, 1.807) is 0 Å². The van der Waals surface area contributed by atoms with Gasteiger partial charge in [0, 0.05) is 0 Å². The molecule has 0 radical (unpaired) electrons. The normalized spacial score (nSPS) is 19.0. The maximum atomic E-state index is 13.5. The smallest absolute Gasteiger partial charge is 0.238 e. The fourth-order valence-corrected chi connectivity index (χ4v) is 5.25. The Morgan fingerprint density at radius 2 is 1.81 bits per heavy atom. The third kappa shape index (κ3) is 4.17. The maximum Gasteiger partial charge on any atom is 0.238 e. The van der Waals surface area contributed by atoms with Crippen molar-refractivity contribution in [3.63, 3.8) is 0 Å². The van der Waals surface area contributed by atoms with Crippen LogP contribution < -0.4 is 9.64 Å². The monoisotopic (exact) mass is 435 g/mol. The van der Waals surface area contributed by atoms with Crippen LogP contribution in [0.25, 0.3) is 0 Å². The second kappa shape index (κ2) is 9.09. The molecule has 1 amide bonds. The minimum atomic E-state index is -0.168. The number of carbonyl (C=O) groups excluding carboxylic acids is 1. The lowest BCUT2D eigenvalue weighted by Crippen LogP contribution is -2.42. The van der Waals surface area contributed by atoms with Crippen LogP contribution in [0.4, 0.5) is 5.69 Å². The minimum absolute atomic E-state index is 0.0211. The average Bonchev–Trinajstić information content (AvgIpc) is 3.31. The number of anilines is 1. The number of hydrogen-bond acceptors (Lipinski definition) is 6. The Bertz CT molecular complexity index is 1040. The number of carbonyl (C=O) groups is 1. The Kier molecular flexibility index (Phi) is 5.88. The zero-order valence-electron chi connectivity index (χ0n) is 17.3. The summed E-state index contributed by atoms with van der Waals surface area (Å²) in [5.41, 5.74) is 1.86. The third-order valence-electron chi connectivity index (χ3n) is 5.99. The van der Waals surface area contributed by atoms with E-state index < -0.39 is 0 Å². The molecule has 1 fully saturated rings. The molecule has 1 aromatic heterocycles. The molecule has 7 nitrogen and oxygen atoms in total. The van der Waals surface area contributed by atoms with Crippen molar-refractivity contribution in [3.8, 4) is 5.75 Å². The first-order chi connectivity index (χ1) is 15.3. The van der Waals surface area contributed by atoms with Crippen LogP contribution in [0.2, 0.25) is 0 Å². The average molecular weight is 436 g/mol. The molecule has 0 spiro atoms. The Morgan fingerprint density at radius 3 is 2.65 bits per heavy atom. The first-order valence-electron chi connectivity index (χ1n) is 10.8. The molecule has 1 aliphatic carbocycles. The summed E-state index contributed by atoms with van der Waals surface area (Å²) >= 11 is 1.42. The summed E-state index contributed by atoms with van der Waals surface area (Å²) in [5, 5.41) is 13.0. The molecule has 8 heteroatoms. The van der Waals surface area contributed by atoms with E-state index in [0.717, 1.165) is 35.0 Å². The van der Waals surface area contributed by atoms with Crippen LogP contribution in [-0.4, -0.2) is 38.5 Å². The van der Waals surface area contributed by atoms with Crippen molar-refractivity contribution >= 4 is 23.4 Å². The number of nitrogens with zero attached hydrogens (tertiary/aromatic N) is 5. The van der Waals surface area contributed by atoms with Crippen LogP contribution in [0.1, 0.15) is 49.8 Å². The highest BCUT2D eigenvalue weighted by Crippen LogP contribution is 2.40. The number of fused-ring (bicyclic) bond motifs is 1. The molecule has 0 saturated heterocycles. The predicted octanol–water partition coefficient (Wildman–Crippen LogP) is 4.44. The molecule has 2 aromatic carbocycles. The number of para-hydroxylation sites is 2. The van der Waals surface area contributed by atoms with Gasteiger partial charge in [-0.3, -0.25) is 9.69 Å². The number of hydrogen-bond donors (Lipinski definition) is 0. The van der Waals surface area contributed by atoms with E-state index in [1.807, 2.05) is 64.2 Å². The van der Waals surface area contributed by atoms with Gasteiger partial charge in [0.25, 0.3) is 0 Å². The van der Waals surface area contributed by atoms with Crippen LogP contribution in [-0.2, 0) is 4.79 Å². The number of ether oxygens (including phenoxy) is 1. The molecule has 2 heterocycles. The number of rotatable bonds is 5. The molecule has 1 saturated carbocycles. The fraction of sp³-hybridized carbons (Fsp3) is 0.391. The lowest BCUT2D eigenvalue weighted by Gasteiger charge is -2.37. The molecule has 1 unspecified atom stereocenters. The topological polar surface area (TPSA) is 73.1 Å². The van der Waals surface area contributed by atoms with Crippen molar-refractivity contribution in [2.45, 2.75) is 49.3 Å². The summed E-state index contributed by atoms with van der Waals surface area (Å²) in [6.07, 6.45) is 5.88. The number of amides is 1. The van der Waals surface area contributed by atoms with Crippen LogP contribution in [0, 0.1) is 0 Å². The van der Waals surface area contributed by atoms with Gasteiger partial charge in [0.2, 0.25) is 11.1 Å². The second-order valence-electron chi connectivity index (χ2n) is 7.96. The van der Waals surface area contributed by atoms with Gasteiger partial charge >= 0.3 is 0 Å². The molecule has 5 rings (SSSR count). The number of thioether (sulfide) groups is 1. The summed E-state index contributed by atoms with van der Waals surface area (Å²) in [7, 11) is 0. The Hall–Kier alpha value is -2.87. The Labute approximate surface area is 185 Å². The molecule has 1 atom stereocenters. The molecule has 160 valence electrons. The van der Waals surface area contributed by atoms with Gasteiger partial charge in [-0.15, -0.1) is 5.10 Å². The van der Waals surface area contributed by atoms with E-state index in [9.17, 15) is 4.79 Å². The molecule has 0 N–H and O–H groups in total. The van der Waals surface area contributed by atoms with Crippen LogP contribution in [0.5, 0.6) is 5.75 Å². The van der Waals surface area contributed by atoms with Crippen molar-refractivity contribution in [1.29, 1.82) is 0 Å². The minimum Gasteiger partial charge on any atom is -0.489 e. The lowest BCUT2D eigenvalue weighted by molar-refractivity contribution is -0.117. The molecule has 31 heavy (non-hydrogen) atoms. The number of benzene rings is 2. The molecular weight excluding hydrogens is 410 g/mol. The standard InChI is InChI=1S/C23H25N5O2S/c29-22(16-31-23-24-25-26-28(23)18-11-5-2-6-12-18)27-19-13-7-8-14-21(19)30-15-20(27)17-9-3-1-4-10-17/h1,3-4,7-10,13-14,18,20H,2,5-6,11-12,15-16H2. The van der Waals surface area contributed by atoms with Gasteiger partial charge in [0.1, 0.15) is 12.4 Å². The Balaban J connectivity index is 1.37. The first kappa shape index (κ1) is 20.1. The van der Waals surface area contributed by atoms with E-state index in [0.29, 0.717) is 12.6 Å². The van der Waals surface area contributed by atoms with Gasteiger partial charge in [0.05, 0.1) is 23.5 Å². The highest BCUT2D eigenvalue weighted by molar-refractivity contribution is 7.99. The van der Waals surface area contributed by atoms with Crippen molar-refractivity contribution in [3.05, 3.63) is 60.2 Å². The maximum absolute atomic E-state index is 13.5. The van der Waals surface area contributed by atoms with E-state index in [1.165, 1.54) is 31.0 Å². The molecule has 2 aliphatic rings. The summed E-state index contributed by atoms with van der Waals surface area (Å²) in [6.45, 7) is 0.428. The van der Waals surface area contributed by atoms with Crippen molar-refractivity contribution in [2.24, 2.45) is 0 Å². The van der Waals surface area contributed by atoms with E-state index in [4.69, 9.17) is 4.74 Å². The zero-order chi connectivity index (χ0) is 21.0. The SMILES string of the molecule is O=C(CSc1nnnn1C1CCCCC1)N1c2ccccc2OCC1c1ccccc1. The summed E-state index contributed by atoms with van der Waals surface area (Å²) in [5.74, 6) is 1.03. The van der Waals surface area contributed by atoms with E-state index in [2.05, 4.69) is 15.5 Å². The van der Waals surface area contributed by atoms with Gasteiger partial charge in [-0.05, 0) is 41.0 Å². The van der Waals surface area contributed by atoms with Gasteiger partial charge in [-0.1, -0.05) is 73.5 Å². The van der Waals surface area contributed by atoms with Crippen molar-refractivity contribution in [2.75, 3.05) is 17.3 Å². The molecular formula is C23H25N5O2S. The fourth-order valence-electron chi connectivity index (χ4n) is 4.45. The predicted molar refractivity (Wildman–Crippen MR) is 119 cm³/mol. The first-order valence-corrected chi connectivity index (χ1v) is 11.8. The van der Waals surface area contributed by atoms with Crippen LogP contribution in [0.15, 0.2) is 59.8 Å². The number of tetrazole rings is 1. The summed E-state index contributed by atoms with van der Waals surface area (Å²) in [6, 6.07) is 17.9. The second-order valence-corrected chi connectivity index (χ2v) is 8.90. The van der Waals surface area contributed by atoms with Crippen molar-refractivity contribution in [1.82, 2.24) is 20.2 Å². The molecule has 0 bridgehead atoms. The third-order valence-corrected chi connectivity index (χ3v) is 6.91. The molecule has 3 aromatic rings. The van der Waals surface area contributed by atoms with E-state index >= 15 is 0 Å². The van der Waals surface area contributed by atoms with Gasteiger partial charge in [-0.2, -0.15) is 0 Å². The highest BCUT2D eigenvalue weighted by atomic mass is 32.2. The molecule has 1 aliphatic heterocycles. The number of aromatic nitrogens is 4. The van der Waals surface area contributed by atoms with Gasteiger partial charge in [0.15, 0.2) is 0 Å². The Morgan fingerprint density at radius 1 is 1.03 bits per heavy atom. The van der Waals surface area contributed by atoms with Crippen LogP contribution in [0.3, 0.4) is 0 Å². The zero-order valence-corrected chi connectivity index (χ0v) is 18.1. The lowest BCUT2D eigenvalue weighted by atomic mass is 9.96. The largest absolute Gasteiger partial charge is 0.489 e. The van der Waals surface area contributed by atoms with E-state index in [-0.39, 0.29) is 17.7 Å². The highest BCUT2D eigenvalue weighted by Gasteiger charge is 2.33. The van der Waals surface area contributed by atoms with Gasteiger partial charge < -0.3 is 4.74 Å².